The van der Waals surface area contributed by atoms with Crippen LogP contribution < -0.4 is 0 Å². The highest BCUT2D eigenvalue weighted by Gasteiger charge is 2.30. The van der Waals surface area contributed by atoms with Crippen LogP contribution in [0.15, 0.2) is 85.1 Å². The molecule has 0 spiro atoms. The summed E-state index contributed by atoms with van der Waals surface area (Å²) in [5.41, 5.74) is 0. The van der Waals surface area contributed by atoms with E-state index in [1.807, 2.05) is 12.2 Å². The number of rotatable bonds is 73. The monoisotopic (exact) mass is 1420 g/mol. The Bertz CT molecular complexity index is 2190. The first kappa shape index (κ1) is 94.2. The SMILES string of the molecule is CCCCC/C=C\C/C=C\C/C=C\C/C=C\CCCC(=O)O[C@H](COC(=O)CCCCCCC/C=C\CCCCCC)COP(=O)(O)OC[C@@H](O)COP(=O)(O)OC[C@@H](COC(=O)CCCCCCCCCCCCCCC)OC(=O)CCCCCCC/C=C\C/C=C\CCCCC. The minimum absolute atomic E-state index is 0.0188. The third kappa shape index (κ3) is 70.7. The Hall–Kier alpha value is -3.76. The standard InChI is InChI=1S/C79H140O17P2/c1-5-9-13-17-21-25-29-33-35-36-38-42-46-50-54-58-62-66-79(84)96-75(70-90-77(82)64-60-56-52-48-44-40-32-28-24-20-16-12-8-4)72-94-98(87,88)92-68-73(80)67-91-97(85,86)93-71-74(69-89-76(81)63-59-55-51-47-43-39-31-27-23-19-15-11-7-3)95-78(83)65-61-57-53-49-45-41-37-34-30-26-22-18-14-10-6-2/h21-22,25-26,28,32-35,37-38,42,50,54,73-75,80H,5-20,23-24,27,29-31,36,39-41,43-49,51-53,55-72H2,1-4H3,(H,85,86)(H,87,88)/b25-21-,26-22-,32-28-,35-33-,37-34-,42-38-,54-50-/t73-,74+,75+/m0/s1. The second-order valence-electron chi connectivity index (χ2n) is 25.9. The average molecular weight is 1420 g/mol. The highest BCUT2D eigenvalue weighted by molar-refractivity contribution is 7.47. The number of carbonyl (C=O) groups is 4. The van der Waals surface area contributed by atoms with Crippen LogP contribution in [0.1, 0.15) is 336 Å². The lowest BCUT2D eigenvalue weighted by Gasteiger charge is -2.21. The van der Waals surface area contributed by atoms with Gasteiger partial charge in [0.2, 0.25) is 0 Å². The summed E-state index contributed by atoms with van der Waals surface area (Å²) in [5, 5.41) is 10.6. The summed E-state index contributed by atoms with van der Waals surface area (Å²) < 4.78 is 68.4. The number of hydrogen-bond acceptors (Lipinski definition) is 15. The van der Waals surface area contributed by atoms with E-state index in [0.717, 1.165) is 128 Å². The van der Waals surface area contributed by atoms with Gasteiger partial charge in [-0.15, -0.1) is 0 Å². The summed E-state index contributed by atoms with van der Waals surface area (Å²) in [6.07, 6.45) is 72.9. The van der Waals surface area contributed by atoms with Crippen molar-refractivity contribution < 1.29 is 80.2 Å². The van der Waals surface area contributed by atoms with Crippen molar-refractivity contribution in [2.75, 3.05) is 39.6 Å². The Morgan fingerprint density at radius 3 is 0.847 bits per heavy atom. The molecule has 19 heteroatoms. The lowest BCUT2D eigenvalue weighted by atomic mass is 10.0. The lowest BCUT2D eigenvalue weighted by Crippen LogP contribution is -2.30. The van der Waals surface area contributed by atoms with Gasteiger partial charge in [0.1, 0.15) is 19.3 Å². The number of ether oxygens (including phenoxy) is 4. The summed E-state index contributed by atoms with van der Waals surface area (Å²) in [6, 6.07) is 0. The zero-order valence-electron chi connectivity index (χ0n) is 62.0. The van der Waals surface area contributed by atoms with Gasteiger partial charge in [0.25, 0.3) is 0 Å². The van der Waals surface area contributed by atoms with Gasteiger partial charge >= 0.3 is 39.5 Å². The first-order valence-electron chi connectivity index (χ1n) is 38.8. The van der Waals surface area contributed by atoms with Crippen LogP contribution in [0.25, 0.3) is 0 Å². The second-order valence-corrected chi connectivity index (χ2v) is 28.9. The van der Waals surface area contributed by atoms with Gasteiger partial charge in [0.15, 0.2) is 12.2 Å². The van der Waals surface area contributed by atoms with Gasteiger partial charge in [-0.25, -0.2) is 9.13 Å². The fourth-order valence-electron chi connectivity index (χ4n) is 10.4. The van der Waals surface area contributed by atoms with Crippen LogP contribution in [0.2, 0.25) is 0 Å². The number of aliphatic hydroxyl groups excluding tert-OH is 1. The molecule has 0 aromatic rings. The molecular formula is C79H140O17P2. The van der Waals surface area contributed by atoms with Gasteiger partial charge in [-0.3, -0.25) is 37.3 Å². The highest BCUT2D eigenvalue weighted by atomic mass is 31.2. The summed E-state index contributed by atoms with van der Waals surface area (Å²) >= 11 is 0. The Kier molecular flexibility index (Phi) is 68.9. The molecule has 568 valence electrons. The van der Waals surface area contributed by atoms with Crippen molar-refractivity contribution in [3.63, 3.8) is 0 Å². The molecule has 0 heterocycles. The van der Waals surface area contributed by atoms with E-state index in [4.69, 9.17) is 37.0 Å². The fraction of sp³-hybridized carbons (Fsp3) is 0.772. The molecular weight excluding hydrogens is 1280 g/mol. The molecule has 0 radical (unpaired) electrons. The van der Waals surface area contributed by atoms with Crippen LogP contribution in [0.5, 0.6) is 0 Å². The van der Waals surface area contributed by atoms with Crippen molar-refractivity contribution in [3.05, 3.63) is 85.1 Å². The molecule has 3 N–H and O–H groups in total. The Labute approximate surface area is 595 Å². The summed E-state index contributed by atoms with van der Waals surface area (Å²) in [7, 11) is -9.96. The van der Waals surface area contributed by atoms with Gasteiger partial charge in [0, 0.05) is 25.7 Å². The molecule has 0 bridgehead atoms. The normalized spacial score (nSPS) is 14.4. The third-order valence-corrected chi connectivity index (χ3v) is 18.2. The number of phosphoric ester groups is 2. The molecule has 0 amide bonds. The van der Waals surface area contributed by atoms with E-state index in [9.17, 15) is 43.2 Å². The van der Waals surface area contributed by atoms with Gasteiger partial charge in [-0.2, -0.15) is 0 Å². The molecule has 0 aromatic carbocycles. The molecule has 98 heavy (non-hydrogen) atoms. The van der Waals surface area contributed by atoms with Crippen molar-refractivity contribution in [3.8, 4) is 0 Å². The number of aliphatic hydroxyl groups is 1. The Morgan fingerprint density at radius 2 is 0.510 bits per heavy atom. The fourth-order valence-corrected chi connectivity index (χ4v) is 11.9. The van der Waals surface area contributed by atoms with Crippen LogP contribution >= 0.6 is 15.6 Å². The number of phosphoric acid groups is 2. The molecule has 0 fully saturated rings. The number of unbranched alkanes of at least 4 members (excludes halogenated alkanes) is 33. The van der Waals surface area contributed by atoms with Gasteiger partial charge in [-0.05, 0) is 122 Å². The molecule has 5 atom stereocenters. The molecule has 0 saturated heterocycles. The molecule has 17 nitrogen and oxygen atoms in total. The maximum Gasteiger partial charge on any atom is 0.472 e. The van der Waals surface area contributed by atoms with E-state index < -0.39 is 97.5 Å². The predicted molar refractivity (Wildman–Crippen MR) is 399 cm³/mol. The zero-order valence-corrected chi connectivity index (χ0v) is 63.7. The number of allylic oxidation sites excluding steroid dienone is 14. The topological polar surface area (TPSA) is 237 Å². The predicted octanol–water partition coefficient (Wildman–Crippen LogP) is 22.2. The summed E-state index contributed by atoms with van der Waals surface area (Å²) in [5.74, 6) is -2.25. The number of carbonyl (C=O) groups excluding carboxylic acids is 4. The highest BCUT2D eigenvalue weighted by Crippen LogP contribution is 2.45. The van der Waals surface area contributed by atoms with Crippen molar-refractivity contribution in [2.24, 2.45) is 0 Å². The van der Waals surface area contributed by atoms with E-state index >= 15 is 0 Å². The minimum Gasteiger partial charge on any atom is -0.462 e. The number of esters is 4. The van der Waals surface area contributed by atoms with Crippen LogP contribution in [0, 0.1) is 0 Å². The molecule has 2 unspecified atom stereocenters. The van der Waals surface area contributed by atoms with E-state index in [-0.39, 0.29) is 25.7 Å². The third-order valence-electron chi connectivity index (χ3n) is 16.3. The molecule has 0 aromatic heterocycles. The van der Waals surface area contributed by atoms with E-state index in [1.54, 1.807) is 0 Å². The van der Waals surface area contributed by atoms with Crippen molar-refractivity contribution in [1.82, 2.24) is 0 Å². The largest absolute Gasteiger partial charge is 0.472 e. The quantitative estimate of drug-likeness (QED) is 0.0169. The summed E-state index contributed by atoms with van der Waals surface area (Å²) in [6.45, 7) is 4.75. The average Bonchev–Trinajstić information content (AvgIpc) is 1.05. The smallest absolute Gasteiger partial charge is 0.462 e. The minimum atomic E-state index is -4.99. The lowest BCUT2D eigenvalue weighted by molar-refractivity contribution is -0.161. The van der Waals surface area contributed by atoms with E-state index in [1.165, 1.54) is 122 Å². The molecule has 0 aliphatic rings. The molecule has 0 aliphatic carbocycles. The van der Waals surface area contributed by atoms with Crippen LogP contribution in [-0.4, -0.2) is 96.7 Å². The van der Waals surface area contributed by atoms with E-state index in [0.29, 0.717) is 32.1 Å². The summed E-state index contributed by atoms with van der Waals surface area (Å²) in [4.78, 5) is 72.8. The zero-order chi connectivity index (χ0) is 71.8. The second kappa shape index (κ2) is 71.6. The van der Waals surface area contributed by atoms with Crippen molar-refractivity contribution in [1.29, 1.82) is 0 Å². The van der Waals surface area contributed by atoms with Crippen molar-refractivity contribution in [2.45, 2.75) is 354 Å². The Morgan fingerprint density at radius 1 is 0.286 bits per heavy atom. The van der Waals surface area contributed by atoms with E-state index in [2.05, 4.69) is 101 Å². The van der Waals surface area contributed by atoms with Crippen LogP contribution in [0.3, 0.4) is 0 Å². The Balaban J connectivity index is 5.40. The molecule has 0 aliphatic heterocycles. The first-order chi connectivity index (χ1) is 47.7. The molecule has 0 rings (SSSR count). The van der Waals surface area contributed by atoms with Crippen LogP contribution in [-0.2, 0) is 65.4 Å². The van der Waals surface area contributed by atoms with Gasteiger partial charge in [0.05, 0.1) is 26.4 Å². The van der Waals surface area contributed by atoms with Gasteiger partial charge < -0.3 is 33.8 Å². The first-order valence-corrected chi connectivity index (χ1v) is 41.8. The molecule has 0 saturated carbocycles. The van der Waals surface area contributed by atoms with Crippen LogP contribution in [0.4, 0.5) is 0 Å². The maximum absolute atomic E-state index is 13.1. The number of hydrogen-bond donors (Lipinski definition) is 3. The van der Waals surface area contributed by atoms with Crippen molar-refractivity contribution >= 4 is 39.5 Å². The maximum atomic E-state index is 13.1. The van der Waals surface area contributed by atoms with Gasteiger partial charge in [-0.1, -0.05) is 273 Å².